The van der Waals surface area contributed by atoms with E-state index in [4.69, 9.17) is 0 Å². The molecule has 2 nitrogen and oxygen atoms in total. The van der Waals surface area contributed by atoms with Crippen molar-refractivity contribution in [2.24, 2.45) is 0 Å². The van der Waals surface area contributed by atoms with E-state index < -0.39 is 23.5 Å². The quantitative estimate of drug-likeness (QED) is 0.706. The SMILES string of the molecule is Cc1cc(C(F)(F)F)cc(-c2cc(C(F)(F)F)cc(C)n2)n1. The first kappa shape index (κ1) is 16.3. The summed E-state index contributed by atoms with van der Waals surface area (Å²) in [7, 11) is 0. The van der Waals surface area contributed by atoms with Gasteiger partial charge in [-0.05, 0) is 38.1 Å². The monoisotopic (exact) mass is 320 g/mol. The Morgan fingerprint density at radius 3 is 1.23 bits per heavy atom. The summed E-state index contributed by atoms with van der Waals surface area (Å²) in [6, 6.07) is 3.03. The lowest BCUT2D eigenvalue weighted by atomic mass is 10.1. The van der Waals surface area contributed by atoms with Gasteiger partial charge < -0.3 is 0 Å². The second-order valence-electron chi connectivity index (χ2n) is 4.76. The summed E-state index contributed by atoms with van der Waals surface area (Å²) in [5.74, 6) is 0. The van der Waals surface area contributed by atoms with Crippen molar-refractivity contribution in [1.29, 1.82) is 0 Å². The molecule has 0 aliphatic carbocycles. The molecule has 0 aromatic carbocycles. The molecule has 118 valence electrons. The Morgan fingerprint density at radius 2 is 0.955 bits per heavy atom. The number of rotatable bonds is 1. The number of aryl methyl sites for hydroxylation is 2. The van der Waals surface area contributed by atoms with Crippen LogP contribution in [0.15, 0.2) is 24.3 Å². The highest BCUT2D eigenvalue weighted by Crippen LogP contribution is 2.34. The van der Waals surface area contributed by atoms with E-state index >= 15 is 0 Å². The molecule has 22 heavy (non-hydrogen) atoms. The van der Waals surface area contributed by atoms with Gasteiger partial charge in [0.15, 0.2) is 0 Å². The van der Waals surface area contributed by atoms with Crippen LogP contribution in [0.25, 0.3) is 11.4 Å². The van der Waals surface area contributed by atoms with Crippen LogP contribution in [0.4, 0.5) is 26.3 Å². The zero-order valence-corrected chi connectivity index (χ0v) is 11.5. The number of aromatic nitrogens is 2. The van der Waals surface area contributed by atoms with Crippen LogP contribution in [0.3, 0.4) is 0 Å². The average Bonchev–Trinajstić information content (AvgIpc) is 2.35. The topological polar surface area (TPSA) is 25.8 Å². The summed E-state index contributed by atoms with van der Waals surface area (Å²) in [5, 5.41) is 0. The molecule has 2 aromatic rings. The molecule has 2 aromatic heterocycles. The van der Waals surface area contributed by atoms with E-state index in [0.717, 1.165) is 12.1 Å². The lowest BCUT2D eigenvalue weighted by Gasteiger charge is -2.12. The molecule has 0 amide bonds. The summed E-state index contributed by atoms with van der Waals surface area (Å²) >= 11 is 0. The molecule has 0 N–H and O–H groups in total. The molecule has 0 fully saturated rings. The number of hydrogen-bond acceptors (Lipinski definition) is 2. The van der Waals surface area contributed by atoms with Crippen LogP contribution in [0.1, 0.15) is 22.5 Å². The van der Waals surface area contributed by atoms with E-state index in [2.05, 4.69) is 9.97 Å². The van der Waals surface area contributed by atoms with Crippen molar-refractivity contribution in [1.82, 2.24) is 9.97 Å². The van der Waals surface area contributed by atoms with Gasteiger partial charge in [-0.2, -0.15) is 26.3 Å². The Labute approximate surface area is 121 Å². The van der Waals surface area contributed by atoms with Crippen LogP contribution in [-0.4, -0.2) is 9.97 Å². The molecule has 2 heterocycles. The molecule has 8 heteroatoms. The van der Waals surface area contributed by atoms with E-state index in [9.17, 15) is 26.3 Å². The number of pyridine rings is 2. The van der Waals surface area contributed by atoms with Crippen molar-refractivity contribution in [2.45, 2.75) is 26.2 Å². The summed E-state index contributed by atoms with van der Waals surface area (Å²) in [6.07, 6.45) is -9.22. The normalized spacial score (nSPS) is 12.5. The average molecular weight is 320 g/mol. The molecule has 0 aliphatic rings. The number of alkyl halides is 6. The Balaban J connectivity index is 2.62. The Hall–Kier alpha value is -2.12. The van der Waals surface area contributed by atoms with Crippen LogP contribution in [0.5, 0.6) is 0 Å². The van der Waals surface area contributed by atoms with Gasteiger partial charge >= 0.3 is 12.4 Å². The molecular weight excluding hydrogens is 310 g/mol. The van der Waals surface area contributed by atoms with E-state index in [1.54, 1.807) is 0 Å². The molecule has 0 spiro atoms. The first-order valence-corrected chi connectivity index (χ1v) is 6.09. The lowest BCUT2D eigenvalue weighted by Crippen LogP contribution is -2.09. The van der Waals surface area contributed by atoms with Gasteiger partial charge in [-0.3, -0.25) is 9.97 Å². The number of halogens is 6. The van der Waals surface area contributed by atoms with Crippen molar-refractivity contribution in [3.63, 3.8) is 0 Å². The Bertz CT molecular complexity index is 642. The second-order valence-corrected chi connectivity index (χ2v) is 4.76. The van der Waals surface area contributed by atoms with Crippen LogP contribution < -0.4 is 0 Å². The van der Waals surface area contributed by atoms with Crippen LogP contribution >= 0.6 is 0 Å². The molecule has 2 rings (SSSR count). The maximum absolute atomic E-state index is 12.8. The van der Waals surface area contributed by atoms with Crippen LogP contribution in [-0.2, 0) is 12.4 Å². The second kappa shape index (κ2) is 5.26. The van der Waals surface area contributed by atoms with E-state index in [0.29, 0.717) is 12.1 Å². The highest BCUT2D eigenvalue weighted by molar-refractivity contribution is 5.57. The molecule has 0 radical (unpaired) electrons. The predicted molar refractivity (Wildman–Crippen MR) is 66.9 cm³/mol. The summed E-state index contributed by atoms with van der Waals surface area (Å²) < 4.78 is 76.7. The third-order valence-electron chi connectivity index (χ3n) is 2.82. The standard InChI is InChI=1S/C14H10F6N2/c1-7-3-9(13(15,16)17)5-11(21-7)12-6-10(14(18,19)20)4-8(2)22-12/h3-6H,1-2H3. The maximum Gasteiger partial charge on any atom is 0.416 e. The van der Waals surface area contributed by atoms with Gasteiger partial charge in [0, 0.05) is 11.4 Å². The van der Waals surface area contributed by atoms with E-state index in [-0.39, 0.29) is 22.8 Å². The molecule has 0 saturated carbocycles. The van der Waals surface area contributed by atoms with Crippen molar-refractivity contribution < 1.29 is 26.3 Å². The minimum atomic E-state index is -4.61. The highest BCUT2D eigenvalue weighted by Gasteiger charge is 2.33. The highest BCUT2D eigenvalue weighted by atomic mass is 19.4. The van der Waals surface area contributed by atoms with Crippen molar-refractivity contribution in [2.75, 3.05) is 0 Å². The van der Waals surface area contributed by atoms with Crippen molar-refractivity contribution in [3.05, 3.63) is 46.8 Å². The van der Waals surface area contributed by atoms with E-state index in [1.165, 1.54) is 13.8 Å². The lowest BCUT2D eigenvalue weighted by molar-refractivity contribution is -0.138. The van der Waals surface area contributed by atoms with Gasteiger partial charge in [0.2, 0.25) is 0 Å². The number of hydrogen-bond donors (Lipinski definition) is 0. The van der Waals surface area contributed by atoms with Crippen LogP contribution in [0.2, 0.25) is 0 Å². The van der Waals surface area contributed by atoms with Gasteiger partial charge in [0.25, 0.3) is 0 Å². The zero-order chi connectivity index (χ0) is 16.7. The fourth-order valence-electron chi connectivity index (χ4n) is 1.93. The fraction of sp³-hybridized carbons (Fsp3) is 0.286. The minimum Gasteiger partial charge on any atom is -0.251 e. The molecule has 0 saturated heterocycles. The molecule has 0 atom stereocenters. The number of nitrogens with zero attached hydrogens (tertiary/aromatic N) is 2. The summed E-state index contributed by atoms with van der Waals surface area (Å²) in [4.78, 5) is 7.70. The minimum absolute atomic E-state index is 0.0432. The van der Waals surface area contributed by atoms with Gasteiger partial charge in [-0.15, -0.1) is 0 Å². The summed E-state index contributed by atoms with van der Waals surface area (Å²) in [6.45, 7) is 2.67. The zero-order valence-electron chi connectivity index (χ0n) is 11.5. The Kier molecular flexibility index (Phi) is 3.88. The molecular formula is C14H10F6N2. The Morgan fingerprint density at radius 1 is 0.636 bits per heavy atom. The summed E-state index contributed by atoms with van der Waals surface area (Å²) in [5.41, 5.74) is -2.37. The maximum atomic E-state index is 12.8. The largest absolute Gasteiger partial charge is 0.416 e. The van der Waals surface area contributed by atoms with Gasteiger partial charge in [0.05, 0.1) is 22.5 Å². The third-order valence-corrected chi connectivity index (χ3v) is 2.82. The van der Waals surface area contributed by atoms with Gasteiger partial charge in [-0.25, -0.2) is 0 Å². The van der Waals surface area contributed by atoms with Crippen molar-refractivity contribution >= 4 is 0 Å². The van der Waals surface area contributed by atoms with Crippen molar-refractivity contribution in [3.8, 4) is 11.4 Å². The third kappa shape index (κ3) is 3.55. The first-order chi connectivity index (χ1) is 9.96. The molecule has 0 unspecified atom stereocenters. The predicted octanol–water partition coefficient (Wildman–Crippen LogP) is 4.80. The van der Waals surface area contributed by atoms with Crippen LogP contribution in [0, 0.1) is 13.8 Å². The molecule has 0 bridgehead atoms. The fourth-order valence-corrected chi connectivity index (χ4v) is 1.93. The first-order valence-electron chi connectivity index (χ1n) is 6.09. The van der Waals surface area contributed by atoms with Gasteiger partial charge in [-0.1, -0.05) is 0 Å². The van der Waals surface area contributed by atoms with E-state index in [1.807, 2.05) is 0 Å². The smallest absolute Gasteiger partial charge is 0.251 e. The van der Waals surface area contributed by atoms with Gasteiger partial charge in [0.1, 0.15) is 0 Å². The molecule has 0 aliphatic heterocycles.